The number of hydrogen-bond donors (Lipinski definition) is 1. The Morgan fingerprint density at radius 3 is 2.89 bits per heavy atom. The van der Waals surface area contributed by atoms with Crippen molar-refractivity contribution in [2.24, 2.45) is 0 Å². The number of halogens is 1. The Hall–Kier alpha value is -0.900. The molecule has 1 atom stereocenters. The second-order valence-electron chi connectivity index (χ2n) is 4.63. The highest BCUT2D eigenvalue weighted by Gasteiger charge is 2.10. The highest BCUT2D eigenvalue weighted by Crippen LogP contribution is 2.25. The Balaban J connectivity index is 2.08. The third-order valence-electron chi connectivity index (χ3n) is 3.07. The van der Waals surface area contributed by atoms with Crippen LogP contribution in [0.3, 0.4) is 0 Å². The summed E-state index contributed by atoms with van der Waals surface area (Å²) < 4.78 is 0. The van der Waals surface area contributed by atoms with E-state index >= 15 is 0 Å². The molecule has 0 amide bonds. The summed E-state index contributed by atoms with van der Waals surface area (Å²) in [6, 6.07) is 6.62. The third-order valence-corrected chi connectivity index (χ3v) is 4.18. The maximum absolute atomic E-state index is 6.39. The van der Waals surface area contributed by atoms with Crippen LogP contribution in [0.4, 0.5) is 0 Å². The number of thiazole rings is 1. The van der Waals surface area contributed by atoms with Gasteiger partial charge in [0.15, 0.2) is 0 Å². The molecule has 1 aromatic heterocycles. The lowest BCUT2D eigenvalue weighted by Gasteiger charge is -2.15. The SMILES string of the molecule is CCCNC(C)c1ccc(Cc2nccs2)cc1Cl. The highest BCUT2D eigenvalue weighted by molar-refractivity contribution is 7.09. The van der Waals surface area contributed by atoms with E-state index in [1.165, 1.54) is 5.56 Å². The predicted molar refractivity (Wildman–Crippen MR) is 83.1 cm³/mol. The van der Waals surface area contributed by atoms with Gasteiger partial charge in [0, 0.05) is 29.1 Å². The van der Waals surface area contributed by atoms with Crippen LogP contribution >= 0.6 is 22.9 Å². The molecule has 19 heavy (non-hydrogen) atoms. The fraction of sp³-hybridized carbons (Fsp3) is 0.400. The minimum absolute atomic E-state index is 0.293. The van der Waals surface area contributed by atoms with Crippen molar-refractivity contribution in [3.05, 3.63) is 50.9 Å². The molecule has 2 rings (SSSR count). The van der Waals surface area contributed by atoms with E-state index in [1.54, 1.807) is 11.3 Å². The summed E-state index contributed by atoms with van der Waals surface area (Å²) in [5.74, 6) is 0. The lowest BCUT2D eigenvalue weighted by atomic mass is 10.0. The molecular weight excluding hydrogens is 276 g/mol. The fourth-order valence-electron chi connectivity index (χ4n) is 2.02. The standard InChI is InChI=1S/C15H19ClN2S/c1-3-6-17-11(2)13-5-4-12(9-14(13)16)10-15-18-7-8-19-15/h4-5,7-9,11,17H,3,6,10H2,1-2H3. The monoisotopic (exact) mass is 294 g/mol. The molecule has 2 aromatic rings. The van der Waals surface area contributed by atoms with E-state index in [4.69, 9.17) is 11.6 Å². The Bertz CT molecular complexity index is 511. The third kappa shape index (κ3) is 4.03. The van der Waals surface area contributed by atoms with Crippen LogP contribution in [0.5, 0.6) is 0 Å². The van der Waals surface area contributed by atoms with Gasteiger partial charge in [-0.15, -0.1) is 11.3 Å². The lowest BCUT2D eigenvalue weighted by Crippen LogP contribution is -2.19. The second kappa shape index (κ2) is 7.04. The molecule has 1 aromatic carbocycles. The van der Waals surface area contributed by atoms with Gasteiger partial charge >= 0.3 is 0 Å². The minimum atomic E-state index is 0.293. The molecular formula is C15H19ClN2S. The van der Waals surface area contributed by atoms with Crippen molar-refractivity contribution >= 4 is 22.9 Å². The van der Waals surface area contributed by atoms with Crippen molar-refractivity contribution < 1.29 is 0 Å². The smallest absolute Gasteiger partial charge is 0.0968 e. The van der Waals surface area contributed by atoms with Crippen molar-refractivity contribution in [3.8, 4) is 0 Å². The van der Waals surface area contributed by atoms with Crippen molar-refractivity contribution in [3.63, 3.8) is 0 Å². The number of hydrogen-bond acceptors (Lipinski definition) is 3. The average molecular weight is 295 g/mol. The van der Waals surface area contributed by atoms with Crippen LogP contribution in [0.2, 0.25) is 5.02 Å². The van der Waals surface area contributed by atoms with Crippen molar-refractivity contribution in [1.82, 2.24) is 10.3 Å². The minimum Gasteiger partial charge on any atom is -0.310 e. The molecule has 0 aliphatic rings. The summed E-state index contributed by atoms with van der Waals surface area (Å²) in [6.07, 6.45) is 3.82. The van der Waals surface area contributed by atoms with Crippen LogP contribution in [0.1, 0.15) is 42.4 Å². The van der Waals surface area contributed by atoms with Gasteiger partial charge in [-0.3, -0.25) is 0 Å². The molecule has 2 nitrogen and oxygen atoms in total. The molecule has 4 heteroatoms. The van der Waals surface area contributed by atoms with E-state index in [0.717, 1.165) is 35.0 Å². The van der Waals surface area contributed by atoms with Crippen molar-refractivity contribution in [2.45, 2.75) is 32.7 Å². The first-order chi connectivity index (χ1) is 9.20. The zero-order valence-corrected chi connectivity index (χ0v) is 12.9. The first-order valence-electron chi connectivity index (χ1n) is 6.60. The normalized spacial score (nSPS) is 12.6. The zero-order valence-electron chi connectivity index (χ0n) is 11.3. The van der Waals surface area contributed by atoms with E-state index < -0.39 is 0 Å². The summed E-state index contributed by atoms with van der Waals surface area (Å²) in [5, 5.41) is 7.43. The van der Waals surface area contributed by atoms with E-state index in [1.807, 2.05) is 11.6 Å². The summed E-state index contributed by atoms with van der Waals surface area (Å²) in [7, 11) is 0. The highest BCUT2D eigenvalue weighted by atomic mass is 35.5. The zero-order chi connectivity index (χ0) is 13.7. The Labute approximate surface area is 123 Å². The van der Waals surface area contributed by atoms with E-state index in [-0.39, 0.29) is 0 Å². The Morgan fingerprint density at radius 2 is 2.26 bits per heavy atom. The number of nitrogens with zero attached hydrogens (tertiary/aromatic N) is 1. The van der Waals surface area contributed by atoms with Crippen LogP contribution in [0.25, 0.3) is 0 Å². The molecule has 0 radical (unpaired) electrons. The van der Waals surface area contributed by atoms with Gasteiger partial charge in [-0.25, -0.2) is 4.98 Å². The molecule has 102 valence electrons. The van der Waals surface area contributed by atoms with Crippen molar-refractivity contribution in [1.29, 1.82) is 0 Å². The summed E-state index contributed by atoms with van der Waals surface area (Å²) >= 11 is 8.07. The molecule has 0 saturated carbocycles. The first-order valence-corrected chi connectivity index (χ1v) is 7.86. The maximum atomic E-state index is 6.39. The topological polar surface area (TPSA) is 24.9 Å². The quantitative estimate of drug-likeness (QED) is 0.851. The molecule has 0 aliphatic carbocycles. The number of aromatic nitrogens is 1. The largest absolute Gasteiger partial charge is 0.310 e. The van der Waals surface area contributed by atoms with E-state index in [9.17, 15) is 0 Å². The first kappa shape index (κ1) is 14.5. The van der Waals surface area contributed by atoms with Crippen LogP contribution in [0.15, 0.2) is 29.8 Å². The van der Waals surface area contributed by atoms with Crippen molar-refractivity contribution in [2.75, 3.05) is 6.54 Å². The molecule has 0 saturated heterocycles. The molecule has 0 aliphatic heterocycles. The van der Waals surface area contributed by atoms with Gasteiger partial charge in [0.1, 0.15) is 0 Å². The van der Waals surface area contributed by atoms with Crippen LogP contribution < -0.4 is 5.32 Å². The summed E-state index contributed by atoms with van der Waals surface area (Å²) in [6.45, 7) is 5.33. The summed E-state index contributed by atoms with van der Waals surface area (Å²) in [4.78, 5) is 4.30. The lowest BCUT2D eigenvalue weighted by molar-refractivity contribution is 0.571. The van der Waals surface area contributed by atoms with Gasteiger partial charge in [-0.2, -0.15) is 0 Å². The van der Waals surface area contributed by atoms with Gasteiger partial charge in [-0.1, -0.05) is 30.7 Å². The second-order valence-corrected chi connectivity index (χ2v) is 6.02. The van der Waals surface area contributed by atoms with Gasteiger partial charge < -0.3 is 5.32 Å². The number of benzene rings is 1. The molecule has 0 spiro atoms. The van der Waals surface area contributed by atoms with Crippen LogP contribution in [0, 0.1) is 0 Å². The van der Waals surface area contributed by atoms with Gasteiger partial charge in [0.05, 0.1) is 5.01 Å². The molecule has 1 unspecified atom stereocenters. The van der Waals surface area contributed by atoms with Gasteiger partial charge in [0.25, 0.3) is 0 Å². The maximum Gasteiger partial charge on any atom is 0.0968 e. The number of nitrogens with one attached hydrogen (secondary N) is 1. The molecule has 1 heterocycles. The average Bonchev–Trinajstić information content (AvgIpc) is 2.89. The van der Waals surface area contributed by atoms with E-state index in [0.29, 0.717) is 6.04 Å². The molecule has 0 bridgehead atoms. The van der Waals surface area contributed by atoms with Gasteiger partial charge in [0.2, 0.25) is 0 Å². The predicted octanol–water partition coefficient (Wildman–Crippen LogP) is 4.45. The fourth-order valence-corrected chi connectivity index (χ4v) is 3.03. The van der Waals surface area contributed by atoms with E-state index in [2.05, 4.69) is 42.3 Å². The summed E-state index contributed by atoms with van der Waals surface area (Å²) in [5.41, 5.74) is 2.38. The molecule has 1 N–H and O–H groups in total. The van der Waals surface area contributed by atoms with Crippen LogP contribution in [-0.2, 0) is 6.42 Å². The van der Waals surface area contributed by atoms with Crippen LogP contribution in [-0.4, -0.2) is 11.5 Å². The van der Waals surface area contributed by atoms with Gasteiger partial charge in [-0.05, 0) is 37.1 Å². The number of rotatable bonds is 6. The molecule has 0 fully saturated rings. The Morgan fingerprint density at radius 1 is 1.42 bits per heavy atom. The Kier molecular flexibility index (Phi) is 5.37.